The van der Waals surface area contributed by atoms with Gasteiger partial charge in [-0.25, -0.2) is 30.9 Å². The third-order valence-electron chi connectivity index (χ3n) is 8.78. The fourth-order valence-corrected chi connectivity index (χ4v) is 7.93. The molecule has 2 aliphatic carbocycles. The van der Waals surface area contributed by atoms with Crippen LogP contribution >= 0.6 is 7.82 Å². The number of hydrogen-bond acceptors (Lipinski definition) is 3. The van der Waals surface area contributed by atoms with Crippen LogP contribution in [-0.4, -0.2) is 4.89 Å². The number of benzene rings is 4. The zero-order chi connectivity index (χ0) is 29.9. The Labute approximate surface area is 236 Å². The van der Waals surface area contributed by atoms with Crippen LogP contribution in [0.15, 0.2) is 36.4 Å². The Kier molecular flexibility index (Phi) is 5.73. The number of rotatable bonds is 2. The van der Waals surface area contributed by atoms with E-state index in [4.69, 9.17) is 9.05 Å². The summed E-state index contributed by atoms with van der Waals surface area (Å²) >= 11 is 0. The molecule has 0 fully saturated rings. The Bertz CT molecular complexity index is 1760. The summed E-state index contributed by atoms with van der Waals surface area (Å²) in [6.45, 7) is 3.59. The molecule has 0 saturated carbocycles. The van der Waals surface area contributed by atoms with E-state index in [1.807, 2.05) is 0 Å². The summed E-state index contributed by atoms with van der Waals surface area (Å²) in [5.74, 6) is -9.27. The van der Waals surface area contributed by atoms with Crippen LogP contribution < -0.4 is 9.05 Å². The standard InChI is InChI=1S/C31H21F6O4P/c1-13-7-19(15-9-21(32)27(36)22(33)10-15)29-25-17(13)3-5-31(25)6-4-18-14(2)8-20(16-11-23(34)28(37)24(35)12-16)30(26(18)31)41-42(38,39)40-29/h7-12H,3-6H2,1-2H3,(H,38,39). The van der Waals surface area contributed by atoms with Gasteiger partial charge in [-0.2, -0.15) is 0 Å². The van der Waals surface area contributed by atoms with Gasteiger partial charge in [-0.05, 0) is 109 Å². The summed E-state index contributed by atoms with van der Waals surface area (Å²) in [5, 5.41) is 0. The topological polar surface area (TPSA) is 55.8 Å². The summed E-state index contributed by atoms with van der Waals surface area (Å²) < 4.78 is 110. The number of hydrogen-bond donors (Lipinski definition) is 1. The van der Waals surface area contributed by atoms with Crippen molar-refractivity contribution in [3.8, 4) is 33.8 Å². The molecular weight excluding hydrogens is 581 g/mol. The first-order valence-electron chi connectivity index (χ1n) is 13.2. The molecule has 0 amide bonds. The zero-order valence-corrected chi connectivity index (χ0v) is 23.1. The summed E-state index contributed by atoms with van der Waals surface area (Å²) in [6.07, 6.45) is 2.09. The molecule has 4 aromatic rings. The molecule has 0 bridgehead atoms. The average molecular weight is 602 g/mol. The van der Waals surface area contributed by atoms with Crippen molar-refractivity contribution >= 4 is 7.82 Å². The maximum Gasteiger partial charge on any atom is 0.584 e. The Morgan fingerprint density at radius 3 is 1.38 bits per heavy atom. The van der Waals surface area contributed by atoms with E-state index in [0.717, 1.165) is 46.5 Å². The summed E-state index contributed by atoms with van der Waals surface area (Å²) in [5.41, 5.74) is 3.30. The second-order valence-corrected chi connectivity index (χ2v) is 12.4. The molecule has 1 heterocycles. The van der Waals surface area contributed by atoms with Gasteiger partial charge in [-0.15, -0.1) is 0 Å². The number of aryl methyl sites for hydroxylation is 2. The Morgan fingerprint density at radius 2 is 1.02 bits per heavy atom. The second kappa shape index (κ2) is 8.88. The minimum absolute atomic E-state index is 0.0793. The predicted octanol–water partition coefficient (Wildman–Crippen LogP) is 8.52. The van der Waals surface area contributed by atoms with E-state index in [-0.39, 0.29) is 33.8 Å². The van der Waals surface area contributed by atoms with Crippen LogP contribution in [0, 0.1) is 48.8 Å². The molecule has 4 nitrogen and oxygen atoms in total. The molecule has 0 atom stereocenters. The highest BCUT2D eigenvalue weighted by Crippen LogP contribution is 2.66. The normalized spacial score (nSPS) is 17.2. The Balaban J connectivity index is 1.58. The van der Waals surface area contributed by atoms with Gasteiger partial charge in [0, 0.05) is 27.7 Å². The van der Waals surface area contributed by atoms with E-state index in [1.54, 1.807) is 26.0 Å². The van der Waals surface area contributed by atoms with Crippen LogP contribution in [0.4, 0.5) is 26.3 Å². The minimum Gasteiger partial charge on any atom is -0.394 e. The number of halogens is 6. The smallest absolute Gasteiger partial charge is 0.394 e. The molecule has 0 unspecified atom stereocenters. The molecule has 216 valence electrons. The van der Waals surface area contributed by atoms with Crippen LogP contribution in [0.3, 0.4) is 0 Å². The van der Waals surface area contributed by atoms with Gasteiger partial charge in [0.2, 0.25) is 0 Å². The lowest BCUT2D eigenvalue weighted by molar-refractivity contribution is 0.281. The third-order valence-corrected chi connectivity index (χ3v) is 9.61. The van der Waals surface area contributed by atoms with Crippen LogP contribution in [0.25, 0.3) is 22.3 Å². The van der Waals surface area contributed by atoms with Gasteiger partial charge in [0.25, 0.3) is 0 Å². The van der Waals surface area contributed by atoms with Crippen molar-refractivity contribution < 1.29 is 44.8 Å². The molecule has 1 spiro atoms. The average Bonchev–Trinajstić information content (AvgIpc) is 3.50. The van der Waals surface area contributed by atoms with E-state index >= 15 is 0 Å². The minimum atomic E-state index is -5.08. The maximum atomic E-state index is 14.3. The van der Waals surface area contributed by atoms with Crippen molar-refractivity contribution in [2.45, 2.75) is 44.9 Å². The molecule has 0 radical (unpaired) electrons. The zero-order valence-electron chi connectivity index (χ0n) is 22.2. The lowest BCUT2D eigenvalue weighted by Crippen LogP contribution is -2.26. The lowest BCUT2D eigenvalue weighted by Gasteiger charge is -2.35. The van der Waals surface area contributed by atoms with E-state index in [2.05, 4.69) is 0 Å². The highest BCUT2D eigenvalue weighted by atomic mass is 31.2. The highest BCUT2D eigenvalue weighted by molar-refractivity contribution is 7.48. The quantitative estimate of drug-likeness (QED) is 0.142. The first kappa shape index (κ1) is 27.1. The van der Waals surface area contributed by atoms with E-state index in [0.29, 0.717) is 36.8 Å². The lowest BCUT2D eigenvalue weighted by atomic mass is 9.73. The van der Waals surface area contributed by atoms with Crippen molar-refractivity contribution in [3.05, 3.63) is 105 Å². The SMILES string of the molecule is Cc1cc(-c2cc(F)c(F)c(F)c2)c2c3c1CCC31CCc3c(C)cc(-c4cc(F)c(F)c(F)c4)c(c31)OP(=O)(O)O2. The van der Waals surface area contributed by atoms with Crippen LogP contribution in [-0.2, 0) is 22.8 Å². The molecule has 4 aromatic carbocycles. The third kappa shape index (κ3) is 3.71. The Hall–Kier alpha value is -3.75. The van der Waals surface area contributed by atoms with Crippen molar-refractivity contribution in [1.29, 1.82) is 0 Å². The molecule has 1 aliphatic heterocycles. The van der Waals surface area contributed by atoms with Crippen molar-refractivity contribution in [2.24, 2.45) is 0 Å². The van der Waals surface area contributed by atoms with Gasteiger partial charge in [0.1, 0.15) is 11.5 Å². The van der Waals surface area contributed by atoms with Crippen LogP contribution in [0.2, 0.25) is 0 Å². The molecule has 42 heavy (non-hydrogen) atoms. The van der Waals surface area contributed by atoms with Gasteiger partial charge in [-0.3, -0.25) is 4.89 Å². The van der Waals surface area contributed by atoms with Gasteiger partial charge in [0.05, 0.1) is 0 Å². The van der Waals surface area contributed by atoms with Crippen molar-refractivity contribution in [3.63, 3.8) is 0 Å². The fraction of sp³-hybridized carbons (Fsp3) is 0.226. The van der Waals surface area contributed by atoms with Gasteiger partial charge < -0.3 is 9.05 Å². The van der Waals surface area contributed by atoms with Crippen molar-refractivity contribution in [2.75, 3.05) is 0 Å². The van der Waals surface area contributed by atoms with Gasteiger partial charge >= 0.3 is 7.82 Å². The molecule has 1 N–H and O–H groups in total. The predicted molar refractivity (Wildman–Crippen MR) is 141 cm³/mol. The highest BCUT2D eigenvalue weighted by Gasteiger charge is 2.53. The molecule has 0 aromatic heterocycles. The van der Waals surface area contributed by atoms with Crippen LogP contribution in [0.5, 0.6) is 11.5 Å². The maximum absolute atomic E-state index is 14.3. The molecule has 11 heteroatoms. The molecule has 0 saturated heterocycles. The Morgan fingerprint density at radius 1 is 0.667 bits per heavy atom. The summed E-state index contributed by atoms with van der Waals surface area (Å²) in [6, 6.07) is 6.30. The van der Waals surface area contributed by atoms with E-state index < -0.39 is 48.1 Å². The van der Waals surface area contributed by atoms with Crippen molar-refractivity contribution in [1.82, 2.24) is 0 Å². The number of phosphoric acid groups is 1. The molecule has 3 aliphatic rings. The summed E-state index contributed by atoms with van der Waals surface area (Å²) in [7, 11) is -5.08. The fourth-order valence-electron chi connectivity index (χ4n) is 7.05. The first-order chi connectivity index (χ1) is 19.8. The van der Waals surface area contributed by atoms with Crippen LogP contribution in [0.1, 0.15) is 46.2 Å². The monoisotopic (exact) mass is 602 g/mol. The molecule has 7 rings (SSSR count). The second-order valence-electron chi connectivity index (χ2n) is 11.1. The number of phosphoric ester groups is 1. The van der Waals surface area contributed by atoms with E-state index in [1.165, 1.54) is 0 Å². The molecular formula is C31H21F6O4P. The largest absolute Gasteiger partial charge is 0.584 e. The summed E-state index contributed by atoms with van der Waals surface area (Å²) in [4.78, 5) is 11.0. The van der Waals surface area contributed by atoms with Gasteiger partial charge in [0.15, 0.2) is 34.9 Å². The van der Waals surface area contributed by atoms with Gasteiger partial charge in [-0.1, -0.05) is 0 Å². The van der Waals surface area contributed by atoms with E-state index in [9.17, 15) is 35.8 Å². The first-order valence-corrected chi connectivity index (χ1v) is 14.7.